The number of amides is 1. The van der Waals surface area contributed by atoms with Crippen molar-refractivity contribution in [2.75, 3.05) is 0 Å². The maximum atomic E-state index is 12.8. The molecule has 1 atom stereocenters. The molecule has 1 amide bonds. The number of carboxylic acid groups (broad SMARTS) is 1. The van der Waals surface area contributed by atoms with Crippen LogP contribution in [-0.4, -0.2) is 43.7 Å². The molecule has 9 heteroatoms. The second kappa shape index (κ2) is 6.47. The van der Waals surface area contributed by atoms with Gasteiger partial charge in [-0.1, -0.05) is 6.07 Å². The molecule has 6 nitrogen and oxygen atoms in total. The molecule has 1 unspecified atom stereocenters. The standard InChI is InChI=1S/C17H16F3N3O3/c1-10(16(25)26)23(12-5-6-12)15(24)14-7-8-22(21-14)13-4-2-3-11(9-13)17(18,19)20/h2-4,7-10,12H,5-6H2,1H3,(H,25,26). The van der Waals surface area contributed by atoms with Crippen molar-refractivity contribution in [1.29, 1.82) is 0 Å². The number of halogens is 3. The molecule has 1 aromatic heterocycles. The van der Waals surface area contributed by atoms with E-state index in [9.17, 15) is 27.9 Å². The highest BCUT2D eigenvalue weighted by Gasteiger charge is 2.39. The van der Waals surface area contributed by atoms with Crippen LogP contribution < -0.4 is 0 Å². The quantitative estimate of drug-likeness (QED) is 0.882. The van der Waals surface area contributed by atoms with Crippen molar-refractivity contribution in [3.8, 4) is 5.69 Å². The van der Waals surface area contributed by atoms with Crippen molar-refractivity contribution in [2.45, 2.75) is 38.0 Å². The molecule has 1 heterocycles. The lowest BCUT2D eigenvalue weighted by molar-refractivity contribution is -0.142. The van der Waals surface area contributed by atoms with Gasteiger partial charge in [-0.15, -0.1) is 0 Å². The third-order valence-corrected chi connectivity index (χ3v) is 4.20. The van der Waals surface area contributed by atoms with E-state index in [-0.39, 0.29) is 17.4 Å². The second-order valence-corrected chi connectivity index (χ2v) is 6.15. The summed E-state index contributed by atoms with van der Waals surface area (Å²) in [6.07, 6.45) is -1.67. The van der Waals surface area contributed by atoms with E-state index in [2.05, 4.69) is 5.10 Å². The van der Waals surface area contributed by atoms with Crippen molar-refractivity contribution in [3.05, 3.63) is 47.8 Å². The van der Waals surface area contributed by atoms with Crippen LogP contribution >= 0.6 is 0 Å². The van der Waals surface area contributed by atoms with Crippen LogP contribution in [0.4, 0.5) is 13.2 Å². The SMILES string of the molecule is CC(C(=O)O)N(C(=O)c1ccn(-c2cccc(C(F)(F)F)c2)n1)C1CC1. The minimum atomic E-state index is -4.48. The number of aromatic nitrogens is 2. The van der Waals surface area contributed by atoms with Crippen LogP contribution in [-0.2, 0) is 11.0 Å². The van der Waals surface area contributed by atoms with Crippen molar-refractivity contribution in [1.82, 2.24) is 14.7 Å². The largest absolute Gasteiger partial charge is 0.480 e. The number of carboxylic acids is 1. The molecule has 3 rings (SSSR count). The molecule has 1 saturated carbocycles. The first kappa shape index (κ1) is 18.0. The molecular weight excluding hydrogens is 351 g/mol. The highest BCUT2D eigenvalue weighted by atomic mass is 19.4. The van der Waals surface area contributed by atoms with Gasteiger partial charge in [-0.3, -0.25) is 4.79 Å². The molecular formula is C17H16F3N3O3. The Kier molecular flexibility index (Phi) is 4.47. The Morgan fingerprint density at radius 1 is 1.31 bits per heavy atom. The first-order chi connectivity index (χ1) is 12.2. The maximum Gasteiger partial charge on any atom is 0.416 e. The zero-order chi connectivity index (χ0) is 19.1. The summed E-state index contributed by atoms with van der Waals surface area (Å²) in [5.41, 5.74) is -0.678. The monoisotopic (exact) mass is 367 g/mol. The number of nitrogens with zero attached hydrogens (tertiary/aromatic N) is 3. The summed E-state index contributed by atoms with van der Waals surface area (Å²) in [7, 11) is 0. The fourth-order valence-corrected chi connectivity index (χ4v) is 2.67. The molecule has 0 bridgehead atoms. The van der Waals surface area contributed by atoms with Crippen LogP contribution in [0.3, 0.4) is 0 Å². The Labute approximate surface area is 146 Å². The van der Waals surface area contributed by atoms with Crippen molar-refractivity contribution in [3.63, 3.8) is 0 Å². The summed E-state index contributed by atoms with van der Waals surface area (Å²) in [5, 5.41) is 13.2. The Balaban J connectivity index is 1.88. The second-order valence-electron chi connectivity index (χ2n) is 6.15. The van der Waals surface area contributed by atoms with Gasteiger partial charge in [-0.05, 0) is 44.0 Å². The molecule has 1 aromatic carbocycles. The lowest BCUT2D eigenvalue weighted by atomic mass is 10.2. The Morgan fingerprint density at radius 2 is 2.00 bits per heavy atom. The normalized spacial score (nSPS) is 15.5. The van der Waals surface area contributed by atoms with Gasteiger partial charge in [-0.25, -0.2) is 9.48 Å². The number of carbonyl (C=O) groups is 2. The Morgan fingerprint density at radius 3 is 2.58 bits per heavy atom. The number of hydrogen-bond donors (Lipinski definition) is 1. The van der Waals surface area contributed by atoms with Crippen molar-refractivity contribution >= 4 is 11.9 Å². The van der Waals surface area contributed by atoms with Gasteiger partial charge in [0.15, 0.2) is 5.69 Å². The average molecular weight is 367 g/mol. The maximum absolute atomic E-state index is 12.8. The molecule has 26 heavy (non-hydrogen) atoms. The molecule has 0 spiro atoms. The predicted molar refractivity (Wildman–Crippen MR) is 84.9 cm³/mol. The number of carbonyl (C=O) groups excluding carboxylic acids is 1. The number of benzene rings is 1. The highest BCUT2D eigenvalue weighted by molar-refractivity contribution is 5.95. The van der Waals surface area contributed by atoms with Crippen LogP contribution in [0.5, 0.6) is 0 Å². The van der Waals surface area contributed by atoms with Gasteiger partial charge in [0.05, 0.1) is 11.3 Å². The molecule has 1 aliphatic carbocycles. The zero-order valence-corrected chi connectivity index (χ0v) is 13.8. The van der Waals surface area contributed by atoms with Crippen LogP contribution in [0.25, 0.3) is 5.69 Å². The number of hydrogen-bond acceptors (Lipinski definition) is 3. The Hall–Kier alpha value is -2.84. The van der Waals surface area contributed by atoms with Gasteiger partial charge in [0.2, 0.25) is 0 Å². The summed E-state index contributed by atoms with van der Waals surface area (Å²) < 4.78 is 39.7. The third-order valence-electron chi connectivity index (χ3n) is 4.20. The molecule has 1 aliphatic rings. The van der Waals surface area contributed by atoms with Crippen LogP contribution in [0.15, 0.2) is 36.5 Å². The van der Waals surface area contributed by atoms with E-state index in [1.54, 1.807) is 0 Å². The molecule has 0 radical (unpaired) electrons. The summed E-state index contributed by atoms with van der Waals surface area (Å²) >= 11 is 0. The van der Waals surface area contributed by atoms with E-state index < -0.39 is 29.7 Å². The van der Waals surface area contributed by atoms with Crippen LogP contribution in [0.1, 0.15) is 35.8 Å². The van der Waals surface area contributed by atoms with E-state index in [0.29, 0.717) is 0 Å². The first-order valence-electron chi connectivity index (χ1n) is 7.97. The molecule has 1 fully saturated rings. The summed E-state index contributed by atoms with van der Waals surface area (Å²) in [6.45, 7) is 1.42. The van der Waals surface area contributed by atoms with E-state index in [0.717, 1.165) is 25.0 Å². The van der Waals surface area contributed by atoms with Gasteiger partial charge >= 0.3 is 12.1 Å². The van der Waals surface area contributed by atoms with E-state index >= 15 is 0 Å². The number of alkyl halides is 3. The first-order valence-corrected chi connectivity index (χ1v) is 7.97. The fraction of sp³-hybridized carbons (Fsp3) is 0.353. The lowest BCUT2D eigenvalue weighted by Crippen LogP contribution is -2.44. The lowest BCUT2D eigenvalue weighted by Gasteiger charge is -2.25. The van der Waals surface area contributed by atoms with Gasteiger partial charge in [0.25, 0.3) is 5.91 Å². The summed E-state index contributed by atoms with van der Waals surface area (Å²) in [5.74, 6) is -1.67. The van der Waals surface area contributed by atoms with E-state index in [1.165, 1.54) is 40.9 Å². The van der Waals surface area contributed by atoms with Crippen LogP contribution in [0, 0.1) is 0 Å². The number of aliphatic carboxylic acids is 1. The highest BCUT2D eigenvalue weighted by Crippen LogP contribution is 2.31. The Bertz CT molecular complexity index is 843. The van der Waals surface area contributed by atoms with Crippen molar-refractivity contribution < 1.29 is 27.9 Å². The smallest absolute Gasteiger partial charge is 0.416 e. The van der Waals surface area contributed by atoms with Gasteiger partial charge in [0.1, 0.15) is 6.04 Å². The molecule has 2 aromatic rings. The third kappa shape index (κ3) is 3.56. The van der Waals surface area contributed by atoms with Gasteiger partial charge in [0, 0.05) is 12.2 Å². The van der Waals surface area contributed by atoms with Crippen molar-refractivity contribution in [2.24, 2.45) is 0 Å². The predicted octanol–water partition coefficient (Wildman–Crippen LogP) is 2.97. The summed E-state index contributed by atoms with van der Waals surface area (Å²) in [4.78, 5) is 25.2. The van der Waals surface area contributed by atoms with Gasteiger partial charge in [-0.2, -0.15) is 18.3 Å². The zero-order valence-electron chi connectivity index (χ0n) is 13.8. The summed E-state index contributed by atoms with van der Waals surface area (Å²) in [6, 6.07) is 4.79. The topological polar surface area (TPSA) is 75.4 Å². The van der Waals surface area contributed by atoms with Gasteiger partial charge < -0.3 is 10.0 Å². The van der Waals surface area contributed by atoms with E-state index in [1.807, 2.05) is 0 Å². The molecule has 1 N–H and O–H groups in total. The fourth-order valence-electron chi connectivity index (χ4n) is 2.67. The van der Waals surface area contributed by atoms with E-state index in [4.69, 9.17) is 0 Å². The minimum absolute atomic E-state index is 0.0117. The molecule has 0 aliphatic heterocycles. The minimum Gasteiger partial charge on any atom is -0.480 e. The molecule has 0 saturated heterocycles. The average Bonchev–Trinajstić information content (AvgIpc) is 3.28. The molecule has 138 valence electrons. The van der Waals surface area contributed by atoms with Crippen LogP contribution in [0.2, 0.25) is 0 Å². The number of rotatable bonds is 5.